The molecule has 0 saturated heterocycles. The summed E-state index contributed by atoms with van der Waals surface area (Å²) in [6, 6.07) is 10.7. The maximum absolute atomic E-state index is 12.8. The quantitative estimate of drug-likeness (QED) is 0.580. The van der Waals surface area contributed by atoms with Gasteiger partial charge >= 0.3 is 0 Å². The van der Waals surface area contributed by atoms with Crippen LogP contribution in [0.4, 0.5) is 0 Å². The Bertz CT molecular complexity index is 697. The van der Waals surface area contributed by atoms with Crippen molar-refractivity contribution in [1.29, 1.82) is 5.26 Å². The minimum absolute atomic E-state index is 0.0201. The Morgan fingerprint density at radius 1 is 1.29 bits per heavy atom. The number of amides is 1. The maximum atomic E-state index is 12.8. The number of nitrogens with zero attached hydrogens (tertiary/aromatic N) is 2. The van der Waals surface area contributed by atoms with Crippen molar-refractivity contribution in [3.05, 3.63) is 35.9 Å². The number of carbonyl (C=O) groups excluding carboxylic acids is 1. The minimum atomic E-state index is -3.53. The lowest BCUT2D eigenvalue weighted by Gasteiger charge is -2.38. The highest BCUT2D eigenvalue weighted by atomic mass is 32.2. The van der Waals surface area contributed by atoms with Crippen LogP contribution in [-0.2, 0) is 14.3 Å². The third-order valence-electron chi connectivity index (χ3n) is 4.29. The summed E-state index contributed by atoms with van der Waals surface area (Å²) < 4.78 is 27.5. The molecule has 1 aromatic carbocycles. The molecule has 1 aromatic rings. The molecule has 1 saturated carbocycles. The smallest absolute Gasteiger partial charge is 0.264 e. The zero-order chi connectivity index (χ0) is 17.6. The fourth-order valence-corrected chi connectivity index (χ4v) is 3.59. The van der Waals surface area contributed by atoms with Gasteiger partial charge < -0.3 is 4.90 Å². The molecule has 2 rings (SSSR count). The van der Waals surface area contributed by atoms with Crippen molar-refractivity contribution in [2.75, 3.05) is 19.4 Å². The van der Waals surface area contributed by atoms with Crippen LogP contribution in [0.15, 0.2) is 30.3 Å². The molecule has 0 N–H and O–H groups in total. The summed E-state index contributed by atoms with van der Waals surface area (Å²) in [4.78, 5) is 14.4. The van der Waals surface area contributed by atoms with E-state index in [4.69, 9.17) is 9.44 Å². The van der Waals surface area contributed by atoms with Gasteiger partial charge in [0.1, 0.15) is 6.54 Å². The molecule has 1 fully saturated rings. The molecule has 0 unspecified atom stereocenters. The highest BCUT2D eigenvalue weighted by molar-refractivity contribution is 7.85. The molecule has 6 nitrogen and oxygen atoms in total. The average Bonchev–Trinajstić information content (AvgIpc) is 2.58. The second-order valence-electron chi connectivity index (χ2n) is 6.06. The number of hydrogen-bond donors (Lipinski definition) is 0. The molecule has 1 aliphatic rings. The first-order valence-electron chi connectivity index (χ1n) is 8.00. The van der Waals surface area contributed by atoms with E-state index in [1.54, 1.807) is 29.2 Å². The van der Waals surface area contributed by atoms with E-state index in [0.717, 1.165) is 31.9 Å². The van der Waals surface area contributed by atoms with Gasteiger partial charge in [-0.05, 0) is 25.0 Å². The van der Waals surface area contributed by atoms with E-state index in [0.29, 0.717) is 5.56 Å². The molecule has 0 radical (unpaired) electrons. The van der Waals surface area contributed by atoms with Gasteiger partial charge in [0.05, 0.1) is 18.9 Å². The van der Waals surface area contributed by atoms with Gasteiger partial charge in [-0.15, -0.1) is 0 Å². The van der Waals surface area contributed by atoms with E-state index >= 15 is 0 Å². The Hall–Kier alpha value is -1.91. The summed E-state index contributed by atoms with van der Waals surface area (Å²) in [7, 11) is -3.53. The lowest BCUT2D eigenvalue weighted by atomic mass is 9.83. The first kappa shape index (κ1) is 18.4. The van der Waals surface area contributed by atoms with E-state index < -0.39 is 10.1 Å². The van der Waals surface area contributed by atoms with Crippen LogP contribution in [0.2, 0.25) is 0 Å². The van der Waals surface area contributed by atoms with E-state index in [9.17, 15) is 13.2 Å². The molecule has 0 bridgehead atoms. The van der Waals surface area contributed by atoms with Crippen molar-refractivity contribution in [1.82, 2.24) is 4.90 Å². The van der Waals surface area contributed by atoms with Crippen LogP contribution in [0.25, 0.3) is 0 Å². The number of hydrogen-bond acceptors (Lipinski definition) is 5. The van der Waals surface area contributed by atoms with Gasteiger partial charge in [0, 0.05) is 17.5 Å². The van der Waals surface area contributed by atoms with Crippen LogP contribution in [0.1, 0.15) is 36.0 Å². The number of carbonyl (C=O) groups is 1. The van der Waals surface area contributed by atoms with Gasteiger partial charge in [0.25, 0.3) is 16.0 Å². The van der Waals surface area contributed by atoms with Gasteiger partial charge in [-0.1, -0.05) is 31.0 Å². The topological polar surface area (TPSA) is 87.5 Å². The first-order chi connectivity index (χ1) is 11.4. The largest absolute Gasteiger partial charge is 0.322 e. The second kappa shape index (κ2) is 8.27. The van der Waals surface area contributed by atoms with E-state index in [-0.39, 0.29) is 31.0 Å². The molecule has 0 aliphatic heterocycles. The summed E-state index contributed by atoms with van der Waals surface area (Å²) in [6.07, 6.45) is 4.47. The Morgan fingerprint density at radius 3 is 2.58 bits per heavy atom. The van der Waals surface area contributed by atoms with Crippen molar-refractivity contribution in [3.63, 3.8) is 0 Å². The van der Waals surface area contributed by atoms with Crippen molar-refractivity contribution in [2.24, 2.45) is 5.92 Å². The standard InChI is InChI=1S/C17H22N2O4S/c1-24(21,22)23-13-15-9-5-6-10-16(15)19(12-11-18)17(20)14-7-3-2-4-8-14/h2-4,7-8,15-16H,5-6,9-10,12-13H2,1H3/t15-,16+/m1/s1. The van der Waals surface area contributed by atoms with E-state index in [1.807, 2.05) is 6.07 Å². The van der Waals surface area contributed by atoms with Crippen molar-refractivity contribution < 1.29 is 17.4 Å². The Morgan fingerprint density at radius 2 is 1.96 bits per heavy atom. The Balaban J connectivity index is 2.20. The van der Waals surface area contributed by atoms with Gasteiger partial charge in [-0.3, -0.25) is 8.98 Å². The molecule has 0 aromatic heterocycles. The third-order valence-corrected chi connectivity index (χ3v) is 4.85. The van der Waals surface area contributed by atoms with Crippen LogP contribution in [0, 0.1) is 17.2 Å². The summed E-state index contributed by atoms with van der Waals surface area (Å²) in [5.74, 6) is -0.289. The first-order valence-corrected chi connectivity index (χ1v) is 9.81. The molecular formula is C17H22N2O4S. The lowest BCUT2D eigenvalue weighted by Crippen LogP contribution is -2.47. The van der Waals surface area contributed by atoms with Gasteiger partial charge in [-0.2, -0.15) is 13.7 Å². The van der Waals surface area contributed by atoms with Crippen molar-refractivity contribution in [3.8, 4) is 6.07 Å². The zero-order valence-corrected chi connectivity index (χ0v) is 14.5. The summed E-state index contributed by atoms with van der Waals surface area (Å²) in [5, 5.41) is 9.14. The van der Waals surface area contributed by atoms with E-state index in [1.165, 1.54) is 0 Å². The van der Waals surface area contributed by atoms with Crippen molar-refractivity contribution in [2.45, 2.75) is 31.7 Å². The fourth-order valence-electron chi connectivity index (χ4n) is 3.17. The highest BCUT2D eigenvalue weighted by Gasteiger charge is 2.34. The van der Waals surface area contributed by atoms with Gasteiger partial charge in [0.15, 0.2) is 0 Å². The van der Waals surface area contributed by atoms with Gasteiger partial charge in [0.2, 0.25) is 0 Å². The molecular weight excluding hydrogens is 328 g/mol. The minimum Gasteiger partial charge on any atom is -0.322 e. The fraction of sp³-hybridized carbons (Fsp3) is 0.529. The Kier molecular flexibility index (Phi) is 6.35. The normalized spacial score (nSPS) is 21.0. The second-order valence-corrected chi connectivity index (χ2v) is 7.70. The maximum Gasteiger partial charge on any atom is 0.264 e. The van der Waals surface area contributed by atoms with Gasteiger partial charge in [-0.25, -0.2) is 0 Å². The molecule has 0 spiro atoms. The third kappa shape index (κ3) is 5.05. The monoisotopic (exact) mass is 350 g/mol. The molecule has 7 heteroatoms. The van der Waals surface area contributed by atoms with Crippen LogP contribution in [0.5, 0.6) is 0 Å². The van der Waals surface area contributed by atoms with Crippen molar-refractivity contribution >= 4 is 16.0 Å². The SMILES string of the molecule is CS(=O)(=O)OC[C@H]1CCCC[C@@H]1N(CC#N)C(=O)c1ccccc1. The Labute approximate surface area is 143 Å². The predicted octanol–water partition coefficient (Wildman–Crippen LogP) is 2.19. The van der Waals surface area contributed by atoms with E-state index in [2.05, 4.69) is 6.07 Å². The molecule has 1 amide bonds. The summed E-state index contributed by atoms with van der Waals surface area (Å²) in [6.45, 7) is 0.0290. The molecule has 2 atom stereocenters. The number of rotatable bonds is 6. The zero-order valence-electron chi connectivity index (χ0n) is 13.7. The molecule has 130 valence electrons. The predicted molar refractivity (Wildman–Crippen MR) is 89.6 cm³/mol. The molecule has 0 heterocycles. The number of benzene rings is 1. The summed E-state index contributed by atoms with van der Waals surface area (Å²) >= 11 is 0. The lowest BCUT2D eigenvalue weighted by molar-refractivity contribution is 0.0506. The number of nitriles is 1. The van der Waals surface area contributed by atoms with Crippen LogP contribution in [0.3, 0.4) is 0 Å². The van der Waals surface area contributed by atoms with Crippen LogP contribution < -0.4 is 0 Å². The van der Waals surface area contributed by atoms with Crippen LogP contribution in [-0.4, -0.2) is 44.7 Å². The van der Waals surface area contributed by atoms with Crippen LogP contribution >= 0.6 is 0 Å². The highest BCUT2D eigenvalue weighted by Crippen LogP contribution is 2.30. The summed E-state index contributed by atoms with van der Waals surface area (Å²) in [5.41, 5.74) is 0.529. The molecule has 24 heavy (non-hydrogen) atoms. The average molecular weight is 350 g/mol. The molecule has 1 aliphatic carbocycles.